The summed E-state index contributed by atoms with van der Waals surface area (Å²) in [7, 11) is 0. The van der Waals surface area contributed by atoms with E-state index in [-0.39, 0.29) is 6.10 Å². The van der Waals surface area contributed by atoms with Gasteiger partial charge >= 0.3 is 0 Å². The van der Waals surface area contributed by atoms with E-state index in [1.54, 1.807) is 6.20 Å². The summed E-state index contributed by atoms with van der Waals surface area (Å²) in [5.74, 6) is 0. The van der Waals surface area contributed by atoms with Gasteiger partial charge in [-0.3, -0.25) is 9.88 Å². The topological polar surface area (TPSA) is 76.5 Å². The lowest BCUT2D eigenvalue weighted by molar-refractivity contribution is 0.0372. The molecule has 3 unspecified atom stereocenters. The predicted molar refractivity (Wildman–Crippen MR) is 134 cm³/mol. The van der Waals surface area contributed by atoms with Crippen LogP contribution in [0.4, 0.5) is 11.4 Å². The Morgan fingerprint density at radius 1 is 1.24 bits per heavy atom. The molecule has 2 fully saturated rings. The summed E-state index contributed by atoms with van der Waals surface area (Å²) in [6.45, 7) is 8.65. The van der Waals surface area contributed by atoms with Gasteiger partial charge in [0.25, 0.3) is 0 Å². The molecule has 7 heteroatoms. The maximum atomic E-state index is 9.52. The Hall–Kier alpha value is -3.18. The molecule has 0 radical (unpaired) electrons. The highest BCUT2D eigenvalue weighted by atomic mass is 16.5. The SMILES string of the molecule is CC1CN(c2ccc(C#N)c3ncccc23)CC2c3ccc(NCC4CNCCO4)cc3CN12. The number of piperazine rings is 1. The van der Waals surface area contributed by atoms with Gasteiger partial charge in [0.2, 0.25) is 0 Å². The summed E-state index contributed by atoms with van der Waals surface area (Å²) in [6, 6.07) is 18.0. The Balaban J connectivity index is 1.24. The van der Waals surface area contributed by atoms with Crippen molar-refractivity contribution in [2.45, 2.75) is 31.7 Å². The van der Waals surface area contributed by atoms with Gasteiger partial charge in [-0.15, -0.1) is 0 Å². The summed E-state index contributed by atoms with van der Waals surface area (Å²) in [5, 5.41) is 17.5. The number of morpholine rings is 1. The number of hydrogen-bond donors (Lipinski definition) is 2. The summed E-state index contributed by atoms with van der Waals surface area (Å²) in [4.78, 5) is 9.62. The largest absolute Gasteiger partial charge is 0.382 e. The monoisotopic (exact) mass is 454 g/mol. The fourth-order valence-electron chi connectivity index (χ4n) is 5.74. The molecule has 34 heavy (non-hydrogen) atoms. The van der Waals surface area contributed by atoms with E-state index in [1.807, 2.05) is 12.1 Å². The molecule has 2 aromatic carbocycles. The third kappa shape index (κ3) is 3.78. The third-order valence-corrected chi connectivity index (χ3v) is 7.45. The molecular formula is C27H30N6O. The van der Waals surface area contributed by atoms with Crippen molar-refractivity contribution in [1.82, 2.24) is 15.2 Å². The van der Waals surface area contributed by atoms with E-state index >= 15 is 0 Å². The zero-order valence-electron chi connectivity index (χ0n) is 19.5. The van der Waals surface area contributed by atoms with Gasteiger partial charge in [0.1, 0.15) is 6.07 Å². The minimum absolute atomic E-state index is 0.221. The van der Waals surface area contributed by atoms with Gasteiger partial charge in [0.05, 0.1) is 29.8 Å². The summed E-state index contributed by atoms with van der Waals surface area (Å²) >= 11 is 0. The number of hydrogen-bond acceptors (Lipinski definition) is 7. The van der Waals surface area contributed by atoms with E-state index in [4.69, 9.17) is 4.74 Å². The second-order valence-corrected chi connectivity index (χ2v) is 9.58. The number of pyridine rings is 1. The Morgan fingerprint density at radius 2 is 2.18 bits per heavy atom. The molecule has 0 amide bonds. The normalized spacial score (nSPS) is 24.5. The number of fused-ring (bicyclic) bond motifs is 4. The van der Waals surface area contributed by atoms with Gasteiger partial charge in [-0.05, 0) is 54.4 Å². The van der Waals surface area contributed by atoms with Crippen molar-refractivity contribution >= 4 is 22.3 Å². The first-order valence-corrected chi connectivity index (χ1v) is 12.2. The molecular weight excluding hydrogens is 424 g/mol. The van der Waals surface area contributed by atoms with E-state index in [1.165, 1.54) is 22.5 Å². The molecule has 3 atom stereocenters. The van der Waals surface area contributed by atoms with Crippen LogP contribution in [0.5, 0.6) is 0 Å². The zero-order chi connectivity index (χ0) is 23.1. The van der Waals surface area contributed by atoms with Crippen LogP contribution in [0, 0.1) is 11.3 Å². The highest BCUT2D eigenvalue weighted by molar-refractivity contribution is 5.95. The number of nitriles is 1. The average Bonchev–Trinajstić information content (AvgIpc) is 3.26. The fourth-order valence-corrected chi connectivity index (χ4v) is 5.74. The summed E-state index contributed by atoms with van der Waals surface area (Å²) < 4.78 is 5.82. The van der Waals surface area contributed by atoms with Gasteiger partial charge in [-0.25, -0.2) is 0 Å². The third-order valence-electron chi connectivity index (χ3n) is 7.45. The lowest BCUT2D eigenvalue weighted by Crippen LogP contribution is -2.51. The van der Waals surface area contributed by atoms with Crippen LogP contribution in [-0.2, 0) is 11.3 Å². The molecule has 4 heterocycles. The van der Waals surface area contributed by atoms with E-state index in [0.717, 1.165) is 56.8 Å². The molecule has 0 saturated carbocycles. The molecule has 2 saturated heterocycles. The number of nitrogens with one attached hydrogen (secondary N) is 2. The Bertz CT molecular complexity index is 1250. The van der Waals surface area contributed by atoms with E-state index in [2.05, 4.69) is 68.7 Å². The van der Waals surface area contributed by atoms with Crippen molar-refractivity contribution in [1.29, 1.82) is 5.26 Å². The lowest BCUT2D eigenvalue weighted by Gasteiger charge is -2.43. The molecule has 174 valence electrons. The van der Waals surface area contributed by atoms with Gasteiger partial charge in [-0.1, -0.05) is 6.07 Å². The summed E-state index contributed by atoms with van der Waals surface area (Å²) in [5.41, 5.74) is 6.60. The van der Waals surface area contributed by atoms with Crippen molar-refractivity contribution in [3.63, 3.8) is 0 Å². The standard InChI is InChI=1S/C27H30N6O/c1-18-15-32(25-7-4-19(12-28)27-24(25)3-2-8-30-27)17-26-23-6-5-21(11-20(23)16-33(18)26)31-14-22-13-29-9-10-34-22/h2-8,11,18,22,26,29,31H,9-10,13-17H2,1H3. The Labute approximate surface area is 200 Å². The van der Waals surface area contributed by atoms with Crippen LogP contribution in [0.2, 0.25) is 0 Å². The lowest BCUT2D eigenvalue weighted by atomic mass is 9.99. The molecule has 1 aromatic heterocycles. The molecule has 6 rings (SSSR count). The molecule has 3 aliphatic heterocycles. The number of rotatable bonds is 4. The van der Waals surface area contributed by atoms with Gasteiger partial charge in [0, 0.05) is 68.3 Å². The quantitative estimate of drug-likeness (QED) is 0.627. The fraction of sp³-hybridized carbons (Fsp3) is 0.407. The number of nitrogens with zero attached hydrogens (tertiary/aromatic N) is 4. The van der Waals surface area contributed by atoms with Crippen molar-refractivity contribution < 1.29 is 4.74 Å². The smallest absolute Gasteiger partial charge is 0.101 e. The van der Waals surface area contributed by atoms with Gasteiger partial charge in [0.15, 0.2) is 0 Å². The molecule has 0 aliphatic carbocycles. The first kappa shape index (κ1) is 21.4. The molecule has 3 aromatic rings. The van der Waals surface area contributed by atoms with E-state index in [0.29, 0.717) is 17.6 Å². The van der Waals surface area contributed by atoms with E-state index < -0.39 is 0 Å². The second-order valence-electron chi connectivity index (χ2n) is 9.58. The van der Waals surface area contributed by atoms with Gasteiger partial charge in [-0.2, -0.15) is 5.26 Å². The van der Waals surface area contributed by atoms with Crippen LogP contribution >= 0.6 is 0 Å². The minimum Gasteiger partial charge on any atom is -0.382 e. The first-order valence-electron chi connectivity index (χ1n) is 12.2. The zero-order valence-corrected chi connectivity index (χ0v) is 19.5. The number of ether oxygens (including phenoxy) is 1. The molecule has 7 nitrogen and oxygen atoms in total. The van der Waals surface area contributed by atoms with Crippen molar-refractivity contribution in [3.05, 3.63) is 65.4 Å². The van der Waals surface area contributed by atoms with Crippen LogP contribution in [0.3, 0.4) is 0 Å². The minimum atomic E-state index is 0.221. The Morgan fingerprint density at radius 3 is 3.03 bits per heavy atom. The maximum absolute atomic E-state index is 9.52. The average molecular weight is 455 g/mol. The van der Waals surface area contributed by atoms with Crippen LogP contribution in [0.1, 0.15) is 29.7 Å². The Kier molecular flexibility index (Phi) is 5.58. The van der Waals surface area contributed by atoms with Crippen molar-refractivity contribution in [2.75, 3.05) is 49.5 Å². The van der Waals surface area contributed by atoms with Crippen LogP contribution in [0.15, 0.2) is 48.7 Å². The predicted octanol–water partition coefficient (Wildman–Crippen LogP) is 3.27. The molecule has 3 aliphatic rings. The molecule has 0 spiro atoms. The number of benzene rings is 2. The maximum Gasteiger partial charge on any atom is 0.101 e. The van der Waals surface area contributed by atoms with Crippen molar-refractivity contribution in [3.8, 4) is 6.07 Å². The van der Waals surface area contributed by atoms with Crippen LogP contribution in [0.25, 0.3) is 10.9 Å². The second kappa shape index (κ2) is 8.88. The van der Waals surface area contributed by atoms with Crippen LogP contribution in [-0.4, -0.2) is 61.4 Å². The molecule has 2 N–H and O–H groups in total. The van der Waals surface area contributed by atoms with Crippen LogP contribution < -0.4 is 15.5 Å². The highest BCUT2D eigenvalue weighted by Crippen LogP contribution is 2.41. The molecule has 0 bridgehead atoms. The van der Waals surface area contributed by atoms with Gasteiger partial charge < -0.3 is 20.3 Å². The first-order chi connectivity index (χ1) is 16.7. The van der Waals surface area contributed by atoms with E-state index in [9.17, 15) is 5.26 Å². The number of anilines is 2. The van der Waals surface area contributed by atoms with Crippen molar-refractivity contribution in [2.24, 2.45) is 0 Å². The number of aromatic nitrogens is 1. The summed E-state index contributed by atoms with van der Waals surface area (Å²) in [6.07, 6.45) is 1.99. The highest BCUT2D eigenvalue weighted by Gasteiger charge is 2.39.